The number of hydrogen-bond donors (Lipinski definition) is 3. The van der Waals surface area contributed by atoms with Crippen LogP contribution in [0.5, 0.6) is 11.5 Å². The van der Waals surface area contributed by atoms with Gasteiger partial charge in [0.25, 0.3) is 5.91 Å². The summed E-state index contributed by atoms with van der Waals surface area (Å²) in [6.07, 6.45) is 0. The molecule has 0 fully saturated rings. The maximum absolute atomic E-state index is 12.4. The van der Waals surface area contributed by atoms with E-state index in [4.69, 9.17) is 31.7 Å². The number of carbonyl (C=O) groups excluding carboxylic acids is 2. The molecule has 0 spiro atoms. The van der Waals surface area contributed by atoms with Crippen molar-refractivity contribution in [3.05, 3.63) is 48.0 Å². The molecule has 0 saturated carbocycles. The Morgan fingerprint density at radius 1 is 0.939 bits per heavy atom. The standard InChI is InChI=1S/C21H26N2O5.H2O4S/c1-5-23(6-2)16-12-10-15(11-13-16)22-19(24)14-28-21(25)20-17(26-3)8-7-9-18(20)27-4;1-5(2,3)4/h7-13H,5-6,14H2,1-4H3,(H,22,24);(H2,1,2,3,4). The molecule has 0 saturated heterocycles. The van der Waals surface area contributed by atoms with Gasteiger partial charge in [-0.15, -0.1) is 0 Å². The van der Waals surface area contributed by atoms with Crippen LogP contribution < -0.4 is 19.7 Å². The highest BCUT2D eigenvalue weighted by molar-refractivity contribution is 7.79. The van der Waals surface area contributed by atoms with Crippen LogP contribution in [0.15, 0.2) is 42.5 Å². The summed E-state index contributed by atoms with van der Waals surface area (Å²) in [6.45, 7) is 5.57. The first-order valence-electron chi connectivity index (χ1n) is 9.76. The fourth-order valence-electron chi connectivity index (χ4n) is 2.80. The lowest BCUT2D eigenvalue weighted by Gasteiger charge is -2.21. The second kappa shape index (κ2) is 13.3. The number of rotatable bonds is 9. The highest BCUT2D eigenvalue weighted by Crippen LogP contribution is 2.28. The van der Waals surface area contributed by atoms with E-state index in [9.17, 15) is 9.59 Å². The summed E-state index contributed by atoms with van der Waals surface area (Å²) in [4.78, 5) is 26.7. The van der Waals surface area contributed by atoms with Gasteiger partial charge in [-0.2, -0.15) is 8.42 Å². The third-order valence-corrected chi connectivity index (χ3v) is 4.25. The molecule has 0 atom stereocenters. The molecule has 0 aromatic heterocycles. The Morgan fingerprint density at radius 2 is 1.42 bits per heavy atom. The largest absolute Gasteiger partial charge is 0.496 e. The number of amides is 1. The van der Waals surface area contributed by atoms with E-state index in [1.165, 1.54) is 14.2 Å². The number of anilines is 2. The van der Waals surface area contributed by atoms with Gasteiger partial charge < -0.3 is 24.4 Å². The molecule has 11 nitrogen and oxygen atoms in total. The molecule has 0 bridgehead atoms. The van der Waals surface area contributed by atoms with E-state index >= 15 is 0 Å². The number of benzene rings is 2. The average Bonchev–Trinajstić information content (AvgIpc) is 2.77. The van der Waals surface area contributed by atoms with Crippen molar-refractivity contribution in [2.24, 2.45) is 0 Å². The number of methoxy groups -OCH3 is 2. The number of esters is 1. The number of ether oxygens (including phenoxy) is 3. The van der Waals surface area contributed by atoms with E-state index in [2.05, 4.69) is 24.1 Å². The van der Waals surface area contributed by atoms with Crippen LogP contribution in [0.3, 0.4) is 0 Å². The Balaban J connectivity index is 0.000000981. The van der Waals surface area contributed by atoms with E-state index in [1.807, 2.05) is 24.3 Å². The van der Waals surface area contributed by atoms with Crippen LogP contribution in [0.2, 0.25) is 0 Å². The van der Waals surface area contributed by atoms with Gasteiger partial charge in [-0.05, 0) is 50.2 Å². The molecule has 0 radical (unpaired) electrons. The summed E-state index contributed by atoms with van der Waals surface area (Å²) >= 11 is 0. The van der Waals surface area contributed by atoms with E-state index < -0.39 is 28.9 Å². The second-order valence-electron chi connectivity index (χ2n) is 6.33. The molecule has 2 rings (SSSR count). The first kappa shape index (κ1) is 27.7. The maximum atomic E-state index is 12.4. The number of nitrogens with zero attached hydrogens (tertiary/aromatic N) is 1. The smallest absolute Gasteiger partial charge is 0.394 e. The topological polar surface area (TPSA) is 152 Å². The number of nitrogens with one attached hydrogen (secondary N) is 1. The summed E-state index contributed by atoms with van der Waals surface area (Å²) in [5.41, 5.74) is 1.85. The van der Waals surface area contributed by atoms with Crippen molar-refractivity contribution in [1.29, 1.82) is 0 Å². The van der Waals surface area contributed by atoms with Gasteiger partial charge in [0.1, 0.15) is 17.1 Å². The Kier molecular flexibility index (Phi) is 11.1. The van der Waals surface area contributed by atoms with Crippen molar-refractivity contribution in [1.82, 2.24) is 0 Å². The number of carbonyl (C=O) groups is 2. The molecular formula is C21H28N2O9S. The first-order chi connectivity index (χ1) is 15.5. The average molecular weight is 485 g/mol. The third kappa shape index (κ3) is 9.76. The van der Waals surface area contributed by atoms with Crippen LogP contribution in [0, 0.1) is 0 Å². The van der Waals surface area contributed by atoms with Crippen LogP contribution in [0.25, 0.3) is 0 Å². The zero-order chi connectivity index (χ0) is 25.0. The lowest BCUT2D eigenvalue weighted by Crippen LogP contribution is -2.22. The second-order valence-corrected chi connectivity index (χ2v) is 7.22. The van der Waals surface area contributed by atoms with E-state index in [0.29, 0.717) is 17.2 Å². The minimum absolute atomic E-state index is 0.142. The van der Waals surface area contributed by atoms with Crippen LogP contribution in [-0.2, 0) is 19.9 Å². The highest BCUT2D eigenvalue weighted by atomic mass is 32.3. The Morgan fingerprint density at radius 3 is 1.85 bits per heavy atom. The molecule has 2 aromatic rings. The van der Waals surface area contributed by atoms with Gasteiger partial charge in [0.05, 0.1) is 14.2 Å². The molecular weight excluding hydrogens is 456 g/mol. The molecule has 0 aliphatic carbocycles. The SMILES string of the molecule is CCN(CC)c1ccc(NC(=O)COC(=O)c2c(OC)cccc2OC)cc1.O=S(=O)(O)O. The maximum Gasteiger partial charge on any atom is 0.394 e. The normalized spacial score (nSPS) is 10.4. The predicted octanol–water partition coefficient (Wildman–Crippen LogP) is 2.69. The zero-order valence-corrected chi connectivity index (χ0v) is 19.6. The van der Waals surface area contributed by atoms with Gasteiger partial charge in [-0.25, -0.2) is 4.79 Å². The molecule has 12 heteroatoms. The van der Waals surface area contributed by atoms with Crippen molar-refractivity contribution < 1.29 is 41.3 Å². The summed E-state index contributed by atoms with van der Waals surface area (Å²) in [5, 5.41) is 2.71. The fourth-order valence-corrected chi connectivity index (χ4v) is 2.80. The van der Waals surface area contributed by atoms with Crippen LogP contribution in [0.1, 0.15) is 24.2 Å². The van der Waals surface area contributed by atoms with Gasteiger partial charge in [0.2, 0.25) is 0 Å². The quantitative estimate of drug-likeness (QED) is 0.358. The summed E-state index contributed by atoms with van der Waals surface area (Å²) < 4.78 is 47.1. The Labute approximate surface area is 192 Å². The fraction of sp³-hybridized carbons (Fsp3) is 0.333. The van der Waals surface area contributed by atoms with Gasteiger partial charge in [0, 0.05) is 24.5 Å². The molecule has 0 aliphatic rings. The minimum atomic E-state index is -4.67. The predicted molar refractivity (Wildman–Crippen MR) is 123 cm³/mol. The lowest BCUT2D eigenvalue weighted by molar-refractivity contribution is -0.119. The zero-order valence-electron chi connectivity index (χ0n) is 18.8. The minimum Gasteiger partial charge on any atom is -0.496 e. The molecule has 33 heavy (non-hydrogen) atoms. The van der Waals surface area contributed by atoms with Gasteiger partial charge in [0.15, 0.2) is 6.61 Å². The highest BCUT2D eigenvalue weighted by Gasteiger charge is 2.20. The third-order valence-electron chi connectivity index (χ3n) is 4.25. The molecule has 0 aliphatic heterocycles. The van der Waals surface area contributed by atoms with Gasteiger partial charge >= 0.3 is 16.4 Å². The van der Waals surface area contributed by atoms with Gasteiger partial charge in [-0.1, -0.05) is 6.07 Å². The lowest BCUT2D eigenvalue weighted by atomic mass is 10.2. The van der Waals surface area contributed by atoms with Crippen LogP contribution >= 0.6 is 0 Å². The van der Waals surface area contributed by atoms with Crippen LogP contribution in [0.4, 0.5) is 11.4 Å². The summed E-state index contributed by atoms with van der Waals surface area (Å²) in [5.74, 6) is -0.493. The Bertz CT molecular complexity index is 990. The molecule has 0 heterocycles. The molecule has 1 amide bonds. The number of hydrogen-bond acceptors (Lipinski definition) is 8. The first-order valence-corrected chi connectivity index (χ1v) is 11.2. The molecule has 3 N–H and O–H groups in total. The van der Waals surface area contributed by atoms with Crippen molar-refractivity contribution in [3.8, 4) is 11.5 Å². The van der Waals surface area contributed by atoms with Gasteiger partial charge in [-0.3, -0.25) is 13.9 Å². The van der Waals surface area contributed by atoms with E-state index in [-0.39, 0.29) is 5.56 Å². The van der Waals surface area contributed by atoms with Crippen molar-refractivity contribution in [2.75, 3.05) is 44.1 Å². The summed E-state index contributed by atoms with van der Waals surface area (Å²) in [6, 6.07) is 12.5. The Hall–Kier alpha value is -3.35. The molecule has 2 aromatic carbocycles. The van der Waals surface area contributed by atoms with E-state index in [1.54, 1.807) is 18.2 Å². The van der Waals surface area contributed by atoms with E-state index in [0.717, 1.165) is 18.8 Å². The van der Waals surface area contributed by atoms with Crippen molar-refractivity contribution >= 4 is 33.7 Å². The summed E-state index contributed by atoms with van der Waals surface area (Å²) in [7, 11) is -1.78. The monoisotopic (exact) mass is 484 g/mol. The molecule has 182 valence electrons. The van der Waals surface area contributed by atoms with Crippen molar-refractivity contribution in [2.45, 2.75) is 13.8 Å². The molecule has 0 unspecified atom stereocenters. The van der Waals surface area contributed by atoms with Crippen molar-refractivity contribution in [3.63, 3.8) is 0 Å². The van der Waals surface area contributed by atoms with Crippen LogP contribution in [-0.4, -0.2) is 63.3 Å².